The highest BCUT2D eigenvalue weighted by atomic mass is 32.1. The Kier molecular flexibility index (Phi) is 5.55. The zero-order chi connectivity index (χ0) is 15.2. The van der Waals surface area contributed by atoms with Crippen molar-refractivity contribution in [2.45, 2.75) is 45.1 Å². The average Bonchev–Trinajstić information content (AvgIpc) is 2.91. The van der Waals surface area contributed by atoms with Crippen molar-refractivity contribution in [1.29, 1.82) is 0 Å². The number of nitrogens with zero attached hydrogens (tertiary/aromatic N) is 2. The molecule has 0 radical (unpaired) electrons. The van der Waals surface area contributed by atoms with Crippen molar-refractivity contribution in [3.63, 3.8) is 0 Å². The SMILES string of the molecule is CCOC(=O)N=c1scc(C(=O)OC)n1C1CCCCC1. The molecule has 1 aromatic heterocycles. The number of carbonyl (C=O) groups excluding carboxylic acids is 2. The Hall–Kier alpha value is -1.63. The third kappa shape index (κ3) is 3.72. The van der Waals surface area contributed by atoms with Crippen LogP contribution in [0.5, 0.6) is 0 Å². The molecule has 0 bridgehead atoms. The summed E-state index contributed by atoms with van der Waals surface area (Å²) in [5.74, 6) is -0.401. The lowest BCUT2D eigenvalue weighted by Gasteiger charge is -2.24. The summed E-state index contributed by atoms with van der Waals surface area (Å²) in [6.07, 6.45) is 4.78. The molecule has 1 fully saturated rings. The summed E-state index contributed by atoms with van der Waals surface area (Å²) >= 11 is 1.26. The third-order valence-corrected chi connectivity index (χ3v) is 4.37. The Bertz CT molecular complexity index is 570. The van der Waals surface area contributed by atoms with E-state index in [1.165, 1.54) is 24.9 Å². The van der Waals surface area contributed by atoms with Crippen LogP contribution in [0.25, 0.3) is 0 Å². The van der Waals surface area contributed by atoms with Gasteiger partial charge in [-0.05, 0) is 19.8 Å². The maximum atomic E-state index is 11.9. The lowest BCUT2D eigenvalue weighted by atomic mass is 9.95. The molecule has 1 aliphatic carbocycles. The van der Waals surface area contributed by atoms with Crippen LogP contribution in [0.3, 0.4) is 0 Å². The molecule has 1 heterocycles. The minimum absolute atomic E-state index is 0.187. The van der Waals surface area contributed by atoms with Crippen molar-refractivity contribution >= 4 is 23.4 Å². The van der Waals surface area contributed by atoms with Crippen LogP contribution < -0.4 is 4.80 Å². The van der Waals surface area contributed by atoms with Crippen LogP contribution in [-0.4, -0.2) is 30.3 Å². The van der Waals surface area contributed by atoms with E-state index >= 15 is 0 Å². The molecular formula is C14H20N2O4S. The van der Waals surface area contributed by atoms with Crippen LogP contribution in [0.4, 0.5) is 4.79 Å². The highest BCUT2D eigenvalue weighted by Crippen LogP contribution is 2.28. The van der Waals surface area contributed by atoms with E-state index in [2.05, 4.69) is 4.99 Å². The number of amides is 1. The smallest absolute Gasteiger partial charge is 0.436 e. The van der Waals surface area contributed by atoms with Crippen molar-refractivity contribution in [3.8, 4) is 0 Å². The number of carbonyl (C=O) groups is 2. The van der Waals surface area contributed by atoms with Gasteiger partial charge in [-0.1, -0.05) is 19.3 Å². The second-order valence-corrected chi connectivity index (χ2v) is 5.70. The van der Waals surface area contributed by atoms with E-state index in [9.17, 15) is 9.59 Å². The summed E-state index contributed by atoms with van der Waals surface area (Å²) in [5, 5.41) is 1.69. The second-order valence-electron chi connectivity index (χ2n) is 4.87. The Labute approximate surface area is 127 Å². The molecule has 0 atom stereocenters. The Morgan fingerprint density at radius 2 is 2.10 bits per heavy atom. The van der Waals surface area contributed by atoms with Gasteiger partial charge in [-0.3, -0.25) is 0 Å². The van der Waals surface area contributed by atoms with Crippen LogP contribution in [-0.2, 0) is 9.47 Å². The molecule has 1 aliphatic rings. The quantitative estimate of drug-likeness (QED) is 0.805. The highest BCUT2D eigenvalue weighted by molar-refractivity contribution is 7.07. The van der Waals surface area contributed by atoms with E-state index in [-0.39, 0.29) is 12.6 Å². The predicted octanol–water partition coefficient (Wildman–Crippen LogP) is 2.90. The van der Waals surface area contributed by atoms with Gasteiger partial charge in [0.2, 0.25) is 0 Å². The number of thiazole rings is 1. The largest absolute Gasteiger partial charge is 0.464 e. The summed E-state index contributed by atoms with van der Waals surface area (Å²) in [6.45, 7) is 2.01. The van der Waals surface area contributed by atoms with Crippen LogP contribution in [0.1, 0.15) is 55.6 Å². The van der Waals surface area contributed by atoms with Gasteiger partial charge in [-0.25, -0.2) is 9.59 Å². The molecule has 21 heavy (non-hydrogen) atoms. The van der Waals surface area contributed by atoms with Gasteiger partial charge in [0.25, 0.3) is 0 Å². The first-order chi connectivity index (χ1) is 10.2. The van der Waals surface area contributed by atoms with Crippen molar-refractivity contribution in [3.05, 3.63) is 15.9 Å². The fourth-order valence-corrected chi connectivity index (χ4v) is 3.50. The molecule has 6 nitrogen and oxygen atoms in total. The fraction of sp³-hybridized carbons (Fsp3) is 0.643. The second kappa shape index (κ2) is 7.40. The number of hydrogen-bond donors (Lipinski definition) is 0. The van der Waals surface area contributed by atoms with Gasteiger partial charge in [-0.2, -0.15) is 0 Å². The molecule has 0 aliphatic heterocycles. The van der Waals surface area contributed by atoms with E-state index < -0.39 is 12.1 Å². The first-order valence-corrected chi connectivity index (χ1v) is 8.05. The number of methoxy groups -OCH3 is 1. The first-order valence-electron chi connectivity index (χ1n) is 7.17. The molecule has 0 unspecified atom stereocenters. The van der Waals surface area contributed by atoms with Gasteiger partial charge >= 0.3 is 12.1 Å². The summed E-state index contributed by atoms with van der Waals surface area (Å²) < 4.78 is 11.5. The summed E-state index contributed by atoms with van der Waals surface area (Å²) in [6, 6.07) is 0.187. The topological polar surface area (TPSA) is 69.9 Å². The first kappa shape index (κ1) is 15.8. The van der Waals surface area contributed by atoms with Gasteiger partial charge in [0.1, 0.15) is 5.69 Å². The van der Waals surface area contributed by atoms with Gasteiger partial charge < -0.3 is 14.0 Å². The van der Waals surface area contributed by atoms with Gasteiger partial charge in [0.05, 0.1) is 13.7 Å². The summed E-state index contributed by atoms with van der Waals surface area (Å²) in [4.78, 5) is 28.0. The molecule has 0 N–H and O–H groups in total. The van der Waals surface area contributed by atoms with E-state index in [0.29, 0.717) is 10.5 Å². The molecule has 1 saturated carbocycles. The minimum Gasteiger partial charge on any atom is -0.464 e. The van der Waals surface area contributed by atoms with Gasteiger partial charge in [0, 0.05) is 11.4 Å². The molecule has 0 aromatic carbocycles. The van der Waals surface area contributed by atoms with Crippen LogP contribution >= 0.6 is 11.3 Å². The number of ether oxygens (including phenoxy) is 2. The molecule has 1 aromatic rings. The Morgan fingerprint density at radius 3 is 2.71 bits per heavy atom. The third-order valence-electron chi connectivity index (χ3n) is 3.53. The molecule has 116 valence electrons. The number of rotatable bonds is 3. The van der Waals surface area contributed by atoms with Crippen LogP contribution in [0.15, 0.2) is 10.4 Å². The molecule has 0 spiro atoms. The average molecular weight is 312 g/mol. The zero-order valence-electron chi connectivity index (χ0n) is 12.3. The normalized spacial score (nSPS) is 16.8. The van der Waals surface area contributed by atoms with E-state index in [1.54, 1.807) is 12.3 Å². The van der Waals surface area contributed by atoms with E-state index in [0.717, 1.165) is 25.7 Å². The number of esters is 1. The van der Waals surface area contributed by atoms with Crippen molar-refractivity contribution in [2.24, 2.45) is 4.99 Å². The highest BCUT2D eigenvalue weighted by Gasteiger charge is 2.23. The fourth-order valence-electron chi connectivity index (χ4n) is 2.58. The zero-order valence-corrected chi connectivity index (χ0v) is 13.1. The van der Waals surface area contributed by atoms with Gasteiger partial charge in [-0.15, -0.1) is 16.3 Å². The molecular weight excluding hydrogens is 292 g/mol. The van der Waals surface area contributed by atoms with E-state index in [1.807, 2.05) is 4.57 Å². The molecule has 2 rings (SSSR count). The molecule has 7 heteroatoms. The Morgan fingerprint density at radius 1 is 1.38 bits per heavy atom. The Balaban J connectivity index is 2.42. The maximum Gasteiger partial charge on any atom is 0.436 e. The molecule has 1 amide bonds. The van der Waals surface area contributed by atoms with Crippen molar-refractivity contribution in [2.75, 3.05) is 13.7 Å². The number of aromatic nitrogens is 1. The standard InChI is InChI=1S/C14H20N2O4S/c1-3-20-14(18)15-13-16(10-7-5-4-6-8-10)11(9-21-13)12(17)19-2/h9-10H,3-8H2,1-2H3. The number of hydrogen-bond acceptors (Lipinski definition) is 5. The monoisotopic (exact) mass is 312 g/mol. The maximum absolute atomic E-state index is 11.9. The summed E-state index contributed by atoms with van der Waals surface area (Å²) in [5.41, 5.74) is 0.456. The van der Waals surface area contributed by atoms with Crippen LogP contribution in [0.2, 0.25) is 0 Å². The van der Waals surface area contributed by atoms with Gasteiger partial charge in [0.15, 0.2) is 4.80 Å². The van der Waals surface area contributed by atoms with Crippen molar-refractivity contribution < 1.29 is 19.1 Å². The lowest BCUT2D eigenvalue weighted by molar-refractivity contribution is 0.0583. The lowest BCUT2D eigenvalue weighted by Crippen LogP contribution is -2.28. The minimum atomic E-state index is -0.625. The van der Waals surface area contributed by atoms with E-state index in [4.69, 9.17) is 9.47 Å². The summed E-state index contributed by atoms with van der Waals surface area (Å²) in [7, 11) is 1.35. The van der Waals surface area contributed by atoms with Crippen LogP contribution in [0, 0.1) is 0 Å². The molecule has 0 saturated heterocycles. The predicted molar refractivity (Wildman–Crippen MR) is 78.4 cm³/mol. The van der Waals surface area contributed by atoms with Crippen molar-refractivity contribution in [1.82, 2.24) is 4.57 Å².